The smallest absolute Gasteiger partial charge is 0.251 e. The summed E-state index contributed by atoms with van der Waals surface area (Å²) in [6.45, 7) is 4.39. The quantitative estimate of drug-likeness (QED) is 0.473. The Bertz CT molecular complexity index is 1130. The molecule has 2 amide bonds. The van der Waals surface area contributed by atoms with Gasteiger partial charge in [-0.2, -0.15) is 0 Å². The first kappa shape index (κ1) is 24.0. The van der Waals surface area contributed by atoms with Gasteiger partial charge in [-0.25, -0.2) is 0 Å². The summed E-state index contributed by atoms with van der Waals surface area (Å²) < 4.78 is 1.90. The lowest BCUT2D eigenvalue weighted by Gasteiger charge is -2.29. The number of thioether (sulfide) groups is 1. The number of rotatable bonds is 8. The number of hydrogen-bond acceptors (Lipinski definition) is 5. The van der Waals surface area contributed by atoms with Gasteiger partial charge in [-0.1, -0.05) is 67.4 Å². The van der Waals surface area contributed by atoms with E-state index in [1.807, 2.05) is 60.0 Å². The summed E-state index contributed by atoms with van der Waals surface area (Å²) in [7, 11) is 0. The second-order valence-electron chi connectivity index (χ2n) is 8.85. The van der Waals surface area contributed by atoms with Gasteiger partial charge in [0, 0.05) is 17.3 Å². The first-order valence-electron chi connectivity index (χ1n) is 11.8. The Balaban J connectivity index is 1.45. The molecule has 8 heteroatoms. The molecule has 0 saturated heterocycles. The third-order valence-electron chi connectivity index (χ3n) is 6.19. The van der Waals surface area contributed by atoms with Gasteiger partial charge in [-0.3, -0.25) is 14.2 Å². The highest BCUT2D eigenvalue weighted by Gasteiger charge is 2.23. The van der Waals surface area contributed by atoms with Gasteiger partial charge in [0.25, 0.3) is 5.91 Å². The van der Waals surface area contributed by atoms with Gasteiger partial charge in [0.15, 0.2) is 11.0 Å². The maximum Gasteiger partial charge on any atom is 0.251 e. The zero-order valence-corrected chi connectivity index (χ0v) is 20.5. The molecule has 2 N–H and O–H groups in total. The van der Waals surface area contributed by atoms with Crippen LogP contribution in [0.3, 0.4) is 0 Å². The van der Waals surface area contributed by atoms with Gasteiger partial charge in [0.2, 0.25) is 5.91 Å². The maximum atomic E-state index is 12.6. The van der Waals surface area contributed by atoms with Crippen LogP contribution in [0.2, 0.25) is 0 Å². The largest absolute Gasteiger partial charge is 0.352 e. The first-order chi connectivity index (χ1) is 16.5. The molecule has 3 aromatic rings. The number of nitrogens with one attached hydrogen (secondary N) is 2. The minimum atomic E-state index is -0.165. The van der Waals surface area contributed by atoms with Crippen molar-refractivity contribution in [2.24, 2.45) is 5.92 Å². The van der Waals surface area contributed by atoms with Crippen LogP contribution in [0.5, 0.6) is 0 Å². The summed E-state index contributed by atoms with van der Waals surface area (Å²) in [6, 6.07) is 17.5. The Hall–Kier alpha value is -3.13. The van der Waals surface area contributed by atoms with Crippen molar-refractivity contribution in [1.29, 1.82) is 0 Å². The zero-order chi connectivity index (χ0) is 23.9. The van der Waals surface area contributed by atoms with Crippen molar-refractivity contribution in [1.82, 2.24) is 25.4 Å². The van der Waals surface area contributed by atoms with E-state index in [0.29, 0.717) is 22.5 Å². The van der Waals surface area contributed by atoms with Crippen LogP contribution in [-0.2, 0) is 11.3 Å². The average Bonchev–Trinajstić information content (AvgIpc) is 3.26. The first-order valence-corrected chi connectivity index (χ1v) is 12.8. The molecule has 34 heavy (non-hydrogen) atoms. The van der Waals surface area contributed by atoms with Gasteiger partial charge >= 0.3 is 0 Å². The molecule has 1 aromatic heterocycles. The zero-order valence-electron chi connectivity index (χ0n) is 19.7. The lowest BCUT2D eigenvalue weighted by atomic mass is 9.86. The van der Waals surface area contributed by atoms with Gasteiger partial charge in [-0.05, 0) is 49.9 Å². The number of carbonyl (C=O) groups excluding carboxylic acids is 2. The number of aryl methyl sites for hydroxylation is 1. The van der Waals surface area contributed by atoms with E-state index >= 15 is 0 Å². The standard InChI is InChI=1S/C26H31N5O2S/c1-18-9-8-11-20(15-18)25(33)27-16-23-29-30-26(31(23)21-12-4-3-5-13-21)34-17-24(32)28-22-14-7-6-10-19(22)2/h3-5,8-9,11-13,15,19,22H,6-7,10,14,16-17H2,1-2H3,(H,27,33)(H,28,32)/t19-,22+/m0/s1. The van der Waals surface area contributed by atoms with Crippen LogP contribution in [0.1, 0.15) is 54.4 Å². The summed E-state index contributed by atoms with van der Waals surface area (Å²) in [5.41, 5.74) is 2.52. The predicted molar refractivity (Wildman–Crippen MR) is 134 cm³/mol. The Morgan fingerprint density at radius 2 is 1.85 bits per heavy atom. The van der Waals surface area contributed by atoms with E-state index in [1.165, 1.54) is 24.6 Å². The fraction of sp³-hybridized carbons (Fsp3) is 0.385. The number of nitrogens with zero attached hydrogens (tertiary/aromatic N) is 3. The maximum absolute atomic E-state index is 12.6. The molecule has 1 fully saturated rings. The molecule has 4 rings (SSSR count). The molecular formula is C26H31N5O2S. The summed E-state index contributed by atoms with van der Waals surface area (Å²) >= 11 is 1.36. The monoisotopic (exact) mass is 477 g/mol. The number of para-hydroxylation sites is 1. The van der Waals surface area contributed by atoms with Crippen molar-refractivity contribution in [2.45, 2.75) is 57.3 Å². The predicted octanol–water partition coefficient (Wildman–Crippen LogP) is 4.29. The average molecular weight is 478 g/mol. The molecule has 178 valence electrons. The van der Waals surface area contributed by atoms with Gasteiger partial charge in [0.1, 0.15) is 0 Å². The van der Waals surface area contributed by atoms with Crippen LogP contribution in [-0.4, -0.2) is 38.4 Å². The molecule has 1 heterocycles. The van der Waals surface area contributed by atoms with E-state index in [-0.39, 0.29) is 30.2 Å². The van der Waals surface area contributed by atoms with E-state index in [1.54, 1.807) is 6.07 Å². The van der Waals surface area contributed by atoms with Crippen molar-refractivity contribution >= 4 is 23.6 Å². The molecule has 1 saturated carbocycles. The van der Waals surface area contributed by atoms with Gasteiger partial charge in [0.05, 0.1) is 12.3 Å². The fourth-order valence-electron chi connectivity index (χ4n) is 4.30. The van der Waals surface area contributed by atoms with E-state index < -0.39 is 0 Å². The topological polar surface area (TPSA) is 88.9 Å². The molecule has 0 unspecified atom stereocenters. The Morgan fingerprint density at radius 1 is 1.06 bits per heavy atom. The van der Waals surface area contributed by atoms with E-state index in [4.69, 9.17) is 0 Å². The molecule has 1 aliphatic carbocycles. The summed E-state index contributed by atoms with van der Waals surface area (Å²) in [4.78, 5) is 25.3. The molecule has 0 spiro atoms. The van der Waals surface area contributed by atoms with Crippen LogP contribution in [0.15, 0.2) is 59.8 Å². The second kappa shape index (κ2) is 11.3. The van der Waals surface area contributed by atoms with Gasteiger partial charge < -0.3 is 10.6 Å². The van der Waals surface area contributed by atoms with Crippen LogP contribution in [0.25, 0.3) is 5.69 Å². The van der Waals surface area contributed by atoms with Crippen LogP contribution in [0.4, 0.5) is 0 Å². The molecule has 0 radical (unpaired) electrons. The second-order valence-corrected chi connectivity index (χ2v) is 9.79. The van der Waals surface area contributed by atoms with E-state index in [0.717, 1.165) is 24.1 Å². The summed E-state index contributed by atoms with van der Waals surface area (Å²) in [5, 5.41) is 15.4. The highest BCUT2D eigenvalue weighted by molar-refractivity contribution is 7.99. The minimum Gasteiger partial charge on any atom is -0.352 e. The molecule has 2 aromatic carbocycles. The molecule has 0 aliphatic heterocycles. The molecule has 2 atom stereocenters. The number of aromatic nitrogens is 3. The number of amides is 2. The fourth-order valence-corrected chi connectivity index (χ4v) is 5.08. The SMILES string of the molecule is Cc1cccc(C(=O)NCc2nnc(SCC(=O)N[C@@H]3CCCC[C@@H]3C)n2-c2ccccc2)c1. The Morgan fingerprint density at radius 3 is 2.62 bits per heavy atom. The van der Waals surface area contributed by atoms with Crippen molar-refractivity contribution in [3.63, 3.8) is 0 Å². The van der Waals surface area contributed by atoms with E-state index in [9.17, 15) is 9.59 Å². The van der Waals surface area contributed by atoms with Crippen molar-refractivity contribution in [3.8, 4) is 5.69 Å². The Labute approximate surface area is 204 Å². The molecular weight excluding hydrogens is 446 g/mol. The summed E-state index contributed by atoms with van der Waals surface area (Å²) in [5.74, 6) is 1.24. The molecule has 1 aliphatic rings. The van der Waals surface area contributed by atoms with Crippen molar-refractivity contribution in [2.75, 3.05) is 5.75 Å². The number of benzene rings is 2. The van der Waals surface area contributed by atoms with Crippen molar-refractivity contribution in [3.05, 3.63) is 71.5 Å². The van der Waals surface area contributed by atoms with Crippen molar-refractivity contribution < 1.29 is 9.59 Å². The van der Waals surface area contributed by atoms with E-state index in [2.05, 4.69) is 27.8 Å². The summed E-state index contributed by atoms with van der Waals surface area (Å²) in [6.07, 6.45) is 4.62. The number of carbonyl (C=O) groups is 2. The van der Waals surface area contributed by atoms with Crippen LogP contribution in [0, 0.1) is 12.8 Å². The normalized spacial score (nSPS) is 17.8. The Kier molecular flexibility index (Phi) is 8.00. The highest BCUT2D eigenvalue weighted by atomic mass is 32.2. The number of hydrogen-bond donors (Lipinski definition) is 2. The third-order valence-corrected chi connectivity index (χ3v) is 7.12. The highest BCUT2D eigenvalue weighted by Crippen LogP contribution is 2.25. The minimum absolute atomic E-state index is 0.0145. The van der Waals surface area contributed by atoms with Crippen LogP contribution >= 0.6 is 11.8 Å². The lowest BCUT2D eigenvalue weighted by Crippen LogP contribution is -2.41. The third kappa shape index (κ3) is 6.05. The molecule has 0 bridgehead atoms. The lowest BCUT2D eigenvalue weighted by molar-refractivity contribution is -0.119. The van der Waals surface area contributed by atoms with Gasteiger partial charge in [-0.15, -0.1) is 10.2 Å². The molecule has 7 nitrogen and oxygen atoms in total. The van der Waals surface area contributed by atoms with Crippen LogP contribution < -0.4 is 10.6 Å².